The normalized spacial score (nSPS) is 14.6. The van der Waals surface area contributed by atoms with Crippen molar-refractivity contribution in [1.29, 1.82) is 0 Å². The largest absolute Gasteiger partial charge is 0.314 e. The van der Waals surface area contributed by atoms with Crippen molar-refractivity contribution in [1.82, 2.24) is 5.32 Å². The van der Waals surface area contributed by atoms with Crippen LogP contribution in [0.15, 0.2) is 0 Å². The van der Waals surface area contributed by atoms with Crippen LogP contribution >= 0.6 is 0 Å². The first-order valence-electron chi connectivity index (χ1n) is 4.14. The molecular formula is C7H17NO3S. The van der Waals surface area contributed by atoms with Crippen molar-refractivity contribution in [3.05, 3.63) is 0 Å². The molecule has 12 heavy (non-hydrogen) atoms. The standard InChI is InChI=1S/C7H17NO3S/c1-3-5-8-7(2)4-6-12(9,10)11/h7-8H,3-6H2,1-2H3,(H,9,10,11)/t7-/m0/s1. The summed E-state index contributed by atoms with van der Waals surface area (Å²) in [5.41, 5.74) is 0. The molecule has 0 aromatic rings. The quantitative estimate of drug-likeness (QED) is 0.611. The molecule has 0 heterocycles. The van der Waals surface area contributed by atoms with E-state index in [4.69, 9.17) is 4.55 Å². The third-order valence-corrected chi connectivity index (χ3v) is 2.30. The van der Waals surface area contributed by atoms with E-state index in [1.165, 1.54) is 0 Å². The van der Waals surface area contributed by atoms with Gasteiger partial charge in [-0.05, 0) is 26.3 Å². The minimum absolute atomic E-state index is 0.145. The Hall–Kier alpha value is -0.130. The first-order chi connectivity index (χ1) is 5.45. The van der Waals surface area contributed by atoms with Gasteiger partial charge in [-0.15, -0.1) is 0 Å². The van der Waals surface area contributed by atoms with E-state index in [9.17, 15) is 8.42 Å². The Bertz CT molecular complexity index is 201. The van der Waals surface area contributed by atoms with Crippen molar-refractivity contribution in [2.24, 2.45) is 0 Å². The lowest BCUT2D eigenvalue weighted by Gasteiger charge is -2.11. The maximum Gasteiger partial charge on any atom is 0.264 e. The van der Waals surface area contributed by atoms with Gasteiger partial charge >= 0.3 is 0 Å². The Morgan fingerprint density at radius 1 is 1.50 bits per heavy atom. The van der Waals surface area contributed by atoms with Gasteiger partial charge in [0.2, 0.25) is 0 Å². The Morgan fingerprint density at radius 2 is 2.08 bits per heavy atom. The van der Waals surface area contributed by atoms with Gasteiger partial charge in [-0.2, -0.15) is 8.42 Å². The van der Waals surface area contributed by atoms with Crippen LogP contribution in [0, 0.1) is 0 Å². The first-order valence-corrected chi connectivity index (χ1v) is 5.75. The van der Waals surface area contributed by atoms with Crippen molar-refractivity contribution in [2.45, 2.75) is 32.7 Å². The molecule has 0 fully saturated rings. The van der Waals surface area contributed by atoms with Crippen molar-refractivity contribution in [3.8, 4) is 0 Å². The zero-order valence-electron chi connectivity index (χ0n) is 7.58. The number of hydrogen-bond acceptors (Lipinski definition) is 3. The van der Waals surface area contributed by atoms with Crippen LogP contribution in [-0.4, -0.2) is 31.3 Å². The first kappa shape index (κ1) is 11.9. The van der Waals surface area contributed by atoms with Crippen LogP contribution < -0.4 is 5.32 Å². The van der Waals surface area contributed by atoms with Gasteiger partial charge in [-0.25, -0.2) is 0 Å². The van der Waals surface area contributed by atoms with Crippen LogP contribution in [0.2, 0.25) is 0 Å². The van der Waals surface area contributed by atoms with Gasteiger partial charge in [-0.1, -0.05) is 6.92 Å². The third-order valence-electron chi connectivity index (χ3n) is 1.55. The Morgan fingerprint density at radius 3 is 2.50 bits per heavy atom. The summed E-state index contributed by atoms with van der Waals surface area (Å²) < 4.78 is 29.1. The molecule has 0 unspecified atom stereocenters. The predicted molar refractivity (Wildman–Crippen MR) is 48.8 cm³/mol. The molecule has 1 atom stereocenters. The third kappa shape index (κ3) is 7.97. The molecule has 74 valence electrons. The molecule has 0 rings (SSSR count). The van der Waals surface area contributed by atoms with E-state index in [0.29, 0.717) is 6.42 Å². The van der Waals surface area contributed by atoms with Crippen LogP contribution in [0.3, 0.4) is 0 Å². The van der Waals surface area contributed by atoms with E-state index in [1.807, 2.05) is 13.8 Å². The van der Waals surface area contributed by atoms with Crippen LogP contribution in [0.4, 0.5) is 0 Å². The van der Waals surface area contributed by atoms with Crippen LogP contribution in [0.1, 0.15) is 26.7 Å². The lowest BCUT2D eigenvalue weighted by molar-refractivity contribution is 0.469. The average molecular weight is 195 g/mol. The highest BCUT2D eigenvalue weighted by molar-refractivity contribution is 7.85. The average Bonchev–Trinajstić information content (AvgIpc) is 1.95. The highest BCUT2D eigenvalue weighted by atomic mass is 32.2. The van der Waals surface area contributed by atoms with Crippen LogP contribution in [0.25, 0.3) is 0 Å². The molecule has 0 aromatic heterocycles. The van der Waals surface area contributed by atoms with Crippen LogP contribution in [0.5, 0.6) is 0 Å². The monoisotopic (exact) mass is 195 g/mol. The topological polar surface area (TPSA) is 66.4 Å². The number of rotatable bonds is 6. The summed E-state index contributed by atoms with van der Waals surface area (Å²) >= 11 is 0. The van der Waals surface area contributed by atoms with E-state index >= 15 is 0 Å². The molecule has 0 spiro atoms. The molecule has 0 radical (unpaired) electrons. The molecular weight excluding hydrogens is 178 g/mol. The molecule has 0 amide bonds. The zero-order valence-corrected chi connectivity index (χ0v) is 8.39. The fraction of sp³-hybridized carbons (Fsp3) is 1.00. The van der Waals surface area contributed by atoms with Gasteiger partial charge in [0.25, 0.3) is 10.1 Å². The second-order valence-corrected chi connectivity index (χ2v) is 4.50. The van der Waals surface area contributed by atoms with Crippen molar-refractivity contribution < 1.29 is 13.0 Å². The SMILES string of the molecule is CCCN[C@@H](C)CCS(=O)(=O)O. The lowest BCUT2D eigenvalue weighted by atomic mass is 10.2. The van der Waals surface area contributed by atoms with Crippen molar-refractivity contribution in [2.75, 3.05) is 12.3 Å². The molecule has 0 bridgehead atoms. The minimum Gasteiger partial charge on any atom is -0.314 e. The molecule has 5 heteroatoms. The molecule has 0 saturated carbocycles. The summed E-state index contributed by atoms with van der Waals surface area (Å²) in [4.78, 5) is 0. The van der Waals surface area contributed by atoms with E-state index in [0.717, 1.165) is 13.0 Å². The minimum atomic E-state index is -3.78. The second kappa shape index (κ2) is 5.50. The maximum absolute atomic E-state index is 10.3. The maximum atomic E-state index is 10.3. The molecule has 0 aliphatic heterocycles. The highest BCUT2D eigenvalue weighted by Crippen LogP contribution is 1.94. The van der Waals surface area contributed by atoms with Gasteiger partial charge in [-0.3, -0.25) is 4.55 Å². The van der Waals surface area contributed by atoms with Gasteiger partial charge in [0.05, 0.1) is 5.75 Å². The Labute approximate surface area is 74.1 Å². The van der Waals surface area contributed by atoms with Crippen molar-refractivity contribution >= 4 is 10.1 Å². The number of hydrogen-bond donors (Lipinski definition) is 2. The number of nitrogens with one attached hydrogen (secondary N) is 1. The molecule has 0 saturated heterocycles. The lowest BCUT2D eigenvalue weighted by Crippen LogP contribution is -2.28. The van der Waals surface area contributed by atoms with Gasteiger partial charge in [0.1, 0.15) is 0 Å². The van der Waals surface area contributed by atoms with Gasteiger partial charge in [0, 0.05) is 6.04 Å². The van der Waals surface area contributed by atoms with Crippen LogP contribution in [-0.2, 0) is 10.1 Å². The van der Waals surface area contributed by atoms with Gasteiger partial charge < -0.3 is 5.32 Å². The molecule has 0 aliphatic carbocycles. The molecule has 0 aromatic carbocycles. The Balaban J connectivity index is 3.51. The fourth-order valence-electron chi connectivity index (χ4n) is 0.819. The summed E-state index contributed by atoms with van der Waals surface area (Å²) in [5.74, 6) is -0.162. The van der Waals surface area contributed by atoms with E-state index in [1.54, 1.807) is 0 Å². The molecule has 4 nitrogen and oxygen atoms in total. The molecule has 2 N–H and O–H groups in total. The summed E-state index contributed by atoms with van der Waals surface area (Å²) in [6.45, 7) is 4.83. The zero-order chi connectivity index (χ0) is 9.61. The van der Waals surface area contributed by atoms with E-state index < -0.39 is 10.1 Å². The summed E-state index contributed by atoms with van der Waals surface area (Å²) in [7, 11) is -3.78. The van der Waals surface area contributed by atoms with Crippen molar-refractivity contribution in [3.63, 3.8) is 0 Å². The Kier molecular flexibility index (Phi) is 5.44. The summed E-state index contributed by atoms with van der Waals surface area (Å²) in [5, 5.41) is 3.13. The summed E-state index contributed by atoms with van der Waals surface area (Å²) in [6, 6.07) is 0.145. The second-order valence-electron chi connectivity index (χ2n) is 2.93. The highest BCUT2D eigenvalue weighted by Gasteiger charge is 2.07. The smallest absolute Gasteiger partial charge is 0.264 e. The fourth-order valence-corrected chi connectivity index (χ4v) is 1.47. The van der Waals surface area contributed by atoms with E-state index in [2.05, 4.69) is 5.32 Å². The van der Waals surface area contributed by atoms with E-state index in [-0.39, 0.29) is 11.8 Å². The van der Waals surface area contributed by atoms with Gasteiger partial charge in [0.15, 0.2) is 0 Å². The summed E-state index contributed by atoms with van der Waals surface area (Å²) in [6.07, 6.45) is 1.48. The molecule has 0 aliphatic rings. The predicted octanol–water partition coefficient (Wildman–Crippen LogP) is 0.652.